The second kappa shape index (κ2) is 8.98. The summed E-state index contributed by atoms with van der Waals surface area (Å²) in [6, 6.07) is 8.03. The number of ether oxygens (including phenoxy) is 2. The molecule has 160 valence electrons. The van der Waals surface area contributed by atoms with E-state index in [1.807, 2.05) is 12.1 Å². The van der Waals surface area contributed by atoms with Gasteiger partial charge in [0.2, 0.25) is 5.88 Å². The lowest BCUT2D eigenvalue weighted by atomic mass is 9.98. The van der Waals surface area contributed by atoms with Crippen LogP contribution in [0, 0.1) is 23.7 Å². The number of nitrogens with zero attached hydrogens (tertiary/aromatic N) is 4. The summed E-state index contributed by atoms with van der Waals surface area (Å²) in [6.07, 6.45) is 8.03. The Morgan fingerprint density at radius 2 is 1.80 bits per heavy atom. The molecule has 1 saturated carbocycles. The summed E-state index contributed by atoms with van der Waals surface area (Å²) in [5, 5.41) is 8.96. The van der Waals surface area contributed by atoms with Crippen molar-refractivity contribution in [3.05, 3.63) is 36.2 Å². The number of rotatable bonds is 6. The van der Waals surface area contributed by atoms with E-state index in [0.717, 1.165) is 60.3 Å². The van der Waals surface area contributed by atoms with Crippen LogP contribution in [0.25, 0.3) is 11.3 Å². The predicted octanol–water partition coefficient (Wildman–Crippen LogP) is 3.47. The molecule has 2 saturated heterocycles. The van der Waals surface area contributed by atoms with Gasteiger partial charge in [-0.05, 0) is 74.0 Å². The van der Waals surface area contributed by atoms with Gasteiger partial charge in [-0.3, -0.25) is 0 Å². The van der Waals surface area contributed by atoms with Crippen LogP contribution in [0.1, 0.15) is 31.4 Å². The zero-order valence-corrected chi connectivity index (χ0v) is 17.9. The van der Waals surface area contributed by atoms with Crippen LogP contribution >= 0.6 is 0 Å². The summed E-state index contributed by atoms with van der Waals surface area (Å²) in [5.74, 6) is 3.98. The highest BCUT2D eigenvalue weighted by Crippen LogP contribution is 2.43. The number of aromatic nitrogens is 3. The van der Waals surface area contributed by atoms with Crippen molar-refractivity contribution in [1.82, 2.24) is 20.1 Å². The van der Waals surface area contributed by atoms with Gasteiger partial charge in [-0.2, -0.15) is 10.2 Å². The monoisotopic (exact) mass is 408 g/mol. The Bertz CT molecular complexity index is 806. The van der Waals surface area contributed by atoms with Crippen LogP contribution in [-0.4, -0.2) is 60.0 Å². The Kier molecular flexibility index (Phi) is 5.95. The summed E-state index contributed by atoms with van der Waals surface area (Å²) in [6.45, 7) is 5.81. The fraction of sp³-hybridized carbons (Fsp3) is 0.625. The lowest BCUT2D eigenvalue weighted by molar-refractivity contribution is 0.0544. The molecule has 30 heavy (non-hydrogen) atoms. The van der Waals surface area contributed by atoms with Crippen LogP contribution in [0.2, 0.25) is 0 Å². The van der Waals surface area contributed by atoms with Crippen molar-refractivity contribution in [2.75, 3.05) is 40.0 Å². The van der Waals surface area contributed by atoms with Gasteiger partial charge in [-0.25, -0.2) is 4.98 Å². The molecule has 3 aliphatic rings. The molecule has 0 amide bonds. The minimum absolute atomic E-state index is 0.612. The predicted molar refractivity (Wildman–Crippen MR) is 115 cm³/mol. The number of pyridine rings is 1. The lowest BCUT2D eigenvalue weighted by Gasteiger charge is -2.27. The first-order valence-corrected chi connectivity index (χ1v) is 11.4. The molecule has 2 aromatic heterocycles. The van der Waals surface area contributed by atoms with Gasteiger partial charge < -0.3 is 14.4 Å². The van der Waals surface area contributed by atoms with Crippen LogP contribution in [0.5, 0.6) is 5.88 Å². The zero-order valence-electron chi connectivity index (χ0n) is 17.9. The second-order valence-corrected chi connectivity index (χ2v) is 9.34. The van der Waals surface area contributed by atoms with Gasteiger partial charge >= 0.3 is 0 Å². The molecule has 2 aromatic rings. The molecular weight excluding hydrogens is 376 g/mol. The van der Waals surface area contributed by atoms with E-state index in [-0.39, 0.29) is 0 Å². The van der Waals surface area contributed by atoms with Crippen molar-refractivity contribution in [2.24, 2.45) is 23.7 Å². The Labute approximate surface area is 179 Å². The van der Waals surface area contributed by atoms with Gasteiger partial charge in [0.15, 0.2) is 0 Å². The second-order valence-electron chi connectivity index (χ2n) is 9.34. The first-order chi connectivity index (χ1) is 14.8. The summed E-state index contributed by atoms with van der Waals surface area (Å²) < 4.78 is 10.6. The van der Waals surface area contributed by atoms with E-state index in [1.165, 1.54) is 45.3 Å². The molecule has 1 unspecified atom stereocenters. The lowest BCUT2D eigenvalue weighted by Crippen LogP contribution is -2.31. The van der Waals surface area contributed by atoms with Gasteiger partial charge in [-0.1, -0.05) is 0 Å². The van der Waals surface area contributed by atoms with Crippen molar-refractivity contribution in [3.8, 4) is 17.1 Å². The maximum atomic E-state index is 5.51. The van der Waals surface area contributed by atoms with Crippen molar-refractivity contribution in [2.45, 2.75) is 32.1 Å². The van der Waals surface area contributed by atoms with Gasteiger partial charge in [-0.15, -0.1) is 0 Å². The van der Waals surface area contributed by atoms with E-state index < -0.39 is 0 Å². The first-order valence-electron chi connectivity index (χ1n) is 11.4. The largest absolute Gasteiger partial charge is 0.481 e. The van der Waals surface area contributed by atoms with Gasteiger partial charge in [0.05, 0.1) is 18.5 Å². The first kappa shape index (κ1) is 19.9. The third kappa shape index (κ3) is 4.49. The Morgan fingerprint density at radius 3 is 2.43 bits per heavy atom. The molecule has 4 heterocycles. The van der Waals surface area contributed by atoms with Crippen LogP contribution in [-0.2, 0) is 11.2 Å². The van der Waals surface area contributed by atoms with Crippen molar-refractivity contribution < 1.29 is 9.47 Å². The molecule has 2 aliphatic heterocycles. The van der Waals surface area contributed by atoms with Crippen LogP contribution in [0.15, 0.2) is 30.5 Å². The van der Waals surface area contributed by atoms with Gasteiger partial charge in [0, 0.05) is 50.7 Å². The van der Waals surface area contributed by atoms with E-state index in [1.54, 1.807) is 13.3 Å². The molecule has 3 atom stereocenters. The van der Waals surface area contributed by atoms with E-state index in [2.05, 4.69) is 32.2 Å². The normalized spacial score (nSPS) is 27.3. The molecule has 3 fully saturated rings. The SMILES string of the molecule is COc1ccc(-c2ccc(CC3C[C@@H]4CN(CC5CCOCC5)C[C@@H]4C3)nn2)cn1. The minimum Gasteiger partial charge on any atom is -0.481 e. The molecular formula is C24H32N4O2. The molecule has 0 spiro atoms. The summed E-state index contributed by atoms with van der Waals surface area (Å²) in [7, 11) is 1.62. The fourth-order valence-corrected chi connectivity index (χ4v) is 5.70. The fourth-order valence-electron chi connectivity index (χ4n) is 5.70. The average molecular weight is 409 g/mol. The maximum absolute atomic E-state index is 5.51. The Morgan fingerprint density at radius 1 is 1.00 bits per heavy atom. The third-order valence-corrected chi connectivity index (χ3v) is 7.24. The highest BCUT2D eigenvalue weighted by molar-refractivity contribution is 5.57. The average Bonchev–Trinajstić information content (AvgIpc) is 3.33. The molecule has 5 rings (SSSR count). The molecule has 6 nitrogen and oxygen atoms in total. The summed E-state index contributed by atoms with van der Waals surface area (Å²) in [4.78, 5) is 6.99. The Balaban J connectivity index is 1.12. The topological polar surface area (TPSA) is 60.4 Å². The Hall–Kier alpha value is -2.05. The highest BCUT2D eigenvalue weighted by atomic mass is 16.5. The number of fused-ring (bicyclic) bond motifs is 1. The standard InChI is InChI=1S/C24H32N4O2/c1-29-24-5-2-19(13-25-24)23-4-3-22(26-27-23)12-18-10-20-15-28(16-21(20)11-18)14-17-6-8-30-9-7-17/h2-5,13,17-18,20-21H,6-12,14-16H2,1H3/t18?,20-,21+. The minimum atomic E-state index is 0.612. The maximum Gasteiger partial charge on any atom is 0.212 e. The summed E-state index contributed by atoms with van der Waals surface area (Å²) in [5.41, 5.74) is 2.94. The molecule has 1 aliphatic carbocycles. The number of hydrogen-bond acceptors (Lipinski definition) is 6. The smallest absolute Gasteiger partial charge is 0.212 e. The van der Waals surface area contributed by atoms with Crippen molar-refractivity contribution in [3.63, 3.8) is 0 Å². The van der Waals surface area contributed by atoms with Crippen LogP contribution in [0.3, 0.4) is 0 Å². The van der Waals surface area contributed by atoms with Crippen molar-refractivity contribution in [1.29, 1.82) is 0 Å². The quantitative estimate of drug-likeness (QED) is 0.729. The van der Waals surface area contributed by atoms with E-state index >= 15 is 0 Å². The van der Waals surface area contributed by atoms with Gasteiger partial charge in [0.25, 0.3) is 0 Å². The van der Waals surface area contributed by atoms with E-state index in [9.17, 15) is 0 Å². The highest BCUT2D eigenvalue weighted by Gasteiger charge is 2.41. The van der Waals surface area contributed by atoms with Gasteiger partial charge in [0.1, 0.15) is 0 Å². The molecule has 0 bridgehead atoms. The third-order valence-electron chi connectivity index (χ3n) is 7.24. The summed E-state index contributed by atoms with van der Waals surface area (Å²) >= 11 is 0. The number of methoxy groups -OCH3 is 1. The van der Waals surface area contributed by atoms with E-state index in [0.29, 0.717) is 5.88 Å². The van der Waals surface area contributed by atoms with Crippen LogP contribution in [0.4, 0.5) is 0 Å². The number of hydrogen-bond donors (Lipinski definition) is 0. The van der Waals surface area contributed by atoms with E-state index in [4.69, 9.17) is 9.47 Å². The molecule has 0 aromatic carbocycles. The molecule has 0 N–H and O–H groups in total. The van der Waals surface area contributed by atoms with Crippen LogP contribution < -0.4 is 4.74 Å². The molecule has 0 radical (unpaired) electrons. The zero-order chi connectivity index (χ0) is 20.3. The molecule has 6 heteroatoms. The number of likely N-dealkylation sites (tertiary alicyclic amines) is 1. The van der Waals surface area contributed by atoms with Crippen molar-refractivity contribution >= 4 is 0 Å².